The van der Waals surface area contributed by atoms with Crippen molar-refractivity contribution in [2.45, 2.75) is 13.8 Å². The number of thiazole rings is 1. The Hall–Kier alpha value is -1.82. The highest BCUT2D eigenvalue weighted by Crippen LogP contribution is 2.29. The lowest BCUT2D eigenvalue weighted by molar-refractivity contribution is -0.125. The van der Waals surface area contributed by atoms with Crippen LogP contribution >= 0.6 is 11.3 Å². The van der Waals surface area contributed by atoms with Crippen LogP contribution in [0.3, 0.4) is 0 Å². The van der Waals surface area contributed by atoms with E-state index in [2.05, 4.69) is 10.3 Å². The normalized spacial score (nSPS) is 11.5. The molecule has 19 heavy (non-hydrogen) atoms. The number of ether oxygens (including phenoxy) is 1. The standard InChI is InChI=1S/C13H17N3O2S/c1-13(2,11(14)17)7-15-12-16-9-5-4-8(18-3)6-10(9)19-12/h4-6H,7H2,1-3H3,(H2,14,17)(H,15,16). The molecule has 0 saturated carbocycles. The summed E-state index contributed by atoms with van der Waals surface area (Å²) in [5.74, 6) is 0.475. The van der Waals surface area contributed by atoms with Gasteiger partial charge in [-0.05, 0) is 32.0 Å². The van der Waals surface area contributed by atoms with Gasteiger partial charge in [0.1, 0.15) is 5.75 Å². The topological polar surface area (TPSA) is 77.2 Å². The second kappa shape index (κ2) is 5.05. The van der Waals surface area contributed by atoms with Crippen molar-refractivity contribution in [2.75, 3.05) is 19.0 Å². The predicted octanol–water partition coefficient (Wildman–Crippen LogP) is 2.23. The molecule has 1 aromatic heterocycles. The van der Waals surface area contributed by atoms with Crippen LogP contribution in [-0.2, 0) is 4.79 Å². The van der Waals surface area contributed by atoms with Crippen LogP contribution in [-0.4, -0.2) is 24.5 Å². The zero-order chi connectivity index (χ0) is 14.0. The van der Waals surface area contributed by atoms with E-state index in [1.807, 2.05) is 18.2 Å². The second-order valence-electron chi connectivity index (χ2n) is 4.95. The van der Waals surface area contributed by atoms with Crippen LogP contribution < -0.4 is 15.8 Å². The molecule has 3 N–H and O–H groups in total. The number of hydrogen-bond acceptors (Lipinski definition) is 5. The number of carbonyl (C=O) groups is 1. The first kappa shape index (κ1) is 13.6. The number of nitrogens with zero attached hydrogens (tertiary/aromatic N) is 1. The summed E-state index contributed by atoms with van der Waals surface area (Å²) in [5, 5.41) is 3.93. The number of hydrogen-bond donors (Lipinski definition) is 2. The molecule has 1 aromatic carbocycles. The highest BCUT2D eigenvalue weighted by atomic mass is 32.1. The van der Waals surface area contributed by atoms with Crippen molar-refractivity contribution in [2.24, 2.45) is 11.1 Å². The summed E-state index contributed by atoms with van der Waals surface area (Å²) < 4.78 is 6.22. The van der Waals surface area contributed by atoms with Gasteiger partial charge in [-0.3, -0.25) is 4.79 Å². The largest absolute Gasteiger partial charge is 0.497 e. The average molecular weight is 279 g/mol. The van der Waals surface area contributed by atoms with Crippen molar-refractivity contribution in [1.82, 2.24) is 4.98 Å². The molecule has 0 aliphatic rings. The van der Waals surface area contributed by atoms with Crippen LogP contribution in [0.25, 0.3) is 10.2 Å². The first-order chi connectivity index (χ1) is 8.92. The van der Waals surface area contributed by atoms with Gasteiger partial charge in [0, 0.05) is 6.54 Å². The minimum absolute atomic E-state index is 0.331. The Balaban J connectivity index is 2.16. The second-order valence-corrected chi connectivity index (χ2v) is 5.99. The quantitative estimate of drug-likeness (QED) is 0.880. The van der Waals surface area contributed by atoms with Gasteiger partial charge in [0.25, 0.3) is 0 Å². The summed E-state index contributed by atoms with van der Waals surface area (Å²) in [7, 11) is 1.64. The van der Waals surface area contributed by atoms with Crippen LogP contribution in [0.2, 0.25) is 0 Å². The maximum Gasteiger partial charge on any atom is 0.224 e. The fraction of sp³-hybridized carbons (Fsp3) is 0.385. The van der Waals surface area contributed by atoms with Crippen LogP contribution in [0, 0.1) is 5.41 Å². The van der Waals surface area contributed by atoms with Gasteiger partial charge in [-0.2, -0.15) is 0 Å². The van der Waals surface area contributed by atoms with E-state index in [1.165, 1.54) is 11.3 Å². The zero-order valence-corrected chi connectivity index (χ0v) is 12.0. The molecule has 6 heteroatoms. The number of rotatable bonds is 5. The van der Waals surface area contributed by atoms with Crippen molar-refractivity contribution < 1.29 is 9.53 Å². The monoisotopic (exact) mass is 279 g/mol. The van der Waals surface area contributed by atoms with Crippen molar-refractivity contribution in [3.63, 3.8) is 0 Å². The van der Waals surface area contributed by atoms with Gasteiger partial charge in [-0.1, -0.05) is 11.3 Å². The van der Waals surface area contributed by atoms with E-state index in [0.717, 1.165) is 21.1 Å². The van der Waals surface area contributed by atoms with Crippen LogP contribution in [0.5, 0.6) is 5.75 Å². The van der Waals surface area contributed by atoms with Gasteiger partial charge >= 0.3 is 0 Å². The number of aromatic nitrogens is 1. The Labute approximate surface area is 115 Å². The molecule has 1 heterocycles. The van der Waals surface area contributed by atoms with E-state index < -0.39 is 5.41 Å². The Bertz CT molecular complexity index is 607. The van der Waals surface area contributed by atoms with E-state index >= 15 is 0 Å². The number of nitrogens with two attached hydrogens (primary N) is 1. The molecule has 0 radical (unpaired) electrons. The Morgan fingerprint density at radius 3 is 2.89 bits per heavy atom. The molecular formula is C13H17N3O2S. The van der Waals surface area contributed by atoms with E-state index in [1.54, 1.807) is 21.0 Å². The first-order valence-corrected chi connectivity index (χ1v) is 6.72. The summed E-state index contributed by atoms with van der Waals surface area (Å²) in [6, 6.07) is 5.73. The maximum atomic E-state index is 11.2. The highest BCUT2D eigenvalue weighted by Gasteiger charge is 2.24. The molecule has 2 rings (SSSR count). The number of primary amides is 1. The minimum atomic E-state index is -0.602. The molecule has 0 aliphatic heterocycles. The first-order valence-electron chi connectivity index (χ1n) is 5.91. The molecule has 0 spiro atoms. The molecule has 0 bridgehead atoms. The Kier molecular flexibility index (Phi) is 3.61. The maximum absolute atomic E-state index is 11.2. The zero-order valence-electron chi connectivity index (χ0n) is 11.2. The fourth-order valence-electron chi connectivity index (χ4n) is 1.49. The number of nitrogens with one attached hydrogen (secondary N) is 1. The predicted molar refractivity (Wildman–Crippen MR) is 77.6 cm³/mol. The Morgan fingerprint density at radius 2 is 2.26 bits per heavy atom. The number of methoxy groups -OCH3 is 1. The molecule has 0 unspecified atom stereocenters. The summed E-state index contributed by atoms with van der Waals surface area (Å²) in [6.07, 6.45) is 0. The number of carbonyl (C=O) groups excluding carboxylic acids is 1. The Morgan fingerprint density at radius 1 is 1.53 bits per heavy atom. The molecule has 0 aliphatic carbocycles. The van der Waals surface area contributed by atoms with Crippen LogP contribution in [0.15, 0.2) is 18.2 Å². The number of benzene rings is 1. The van der Waals surface area contributed by atoms with Gasteiger partial charge in [-0.15, -0.1) is 0 Å². The van der Waals surface area contributed by atoms with Crippen LogP contribution in [0.1, 0.15) is 13.8 Å². The average Bonchev–Trinajstić information content (AvgIpc) is 2.77. The smallest absolute Gasteiger partial charge is 0.224 e. The van der Waals surface area contributed by atoms with Crippen molar-refractivity contribution >= 4 is 32.6 Å². The summed E-state index contributed by atoms with van der Waals surface area (Å²) in [6.45, 7) is 4.07. The molecule has 2 aromatic rings. The number of amides is 1. The van der Waals surface area contributed by atoms with Crippen molar-refractivity contribution in [3.8, 4) is 5.75 Å². The lowest BCUT2D eigenvalue weighted by atomic mass is 9.93. The van der Waals surface area contributed by atoms with E-state index in [9.17, 15) is 4.79 Å². The molecule has 1 amide bonds. The van der Waals surface area contributed by atoms with Gasteiger partial charge in [0.15, 0.2) is 5.13 Å². The third-order valence-corrected chi connectivity index (χ3v) is 3.92. The summed E-state index contributed by atoms with van der Waals surface area (Å²) in [4.78, 5) is 15.7. The summed E-state index contributed by atoms with van der Waals surface area (Å²) in [5.41, 5.74) is 5.64. The van der Waals surface area contributed by atoms with Gasteiger partial charge in [0.05, 0.1) is 22.7 Å². The molecular weight excluding hydrogens is 262 g/mol. The lowest BCUT2D eigenvalue weighted by Crippen LogP contribution is -2.37. The molecule has 5 nitrogen and oxygen atoms in total. The fourth-order valence-corrected chi connectivity index (χ4v) is 2.38. The van der Waals surface area contributed by atoms with E-state index in [0.29, 0.717) is 6.54 Å². The SMILES string of the molecule is COc1ccc2nc(NCC(C)(C)C(N)=O)sc2c1. The third kappa shape index (κ3) is 2.96. The van der Waals surface area contributed by atoms with Crippen LogP contribution in [0.4, 0.5) is 5.13 Å². The van der Waals surface area contributed by atoms with Crippen molar-refractivity contribution in [1.29, 1.82) is 0 Å². The molecule has 0 atom stereocenters. The third-order valence-electron chi connectivity index (χ3n) is 2.94. The van der Waals surface area contributed by atoms with Gasteiger partial charge in [-0.25, -0.2) is 4.98 Å². The molecule has 0 saturated heterocycles. The number of fused-ring (bicyclic) bond motifs is 1. The summed E-state index contributed by atoms with van der Waals surface area (Å²) >= 11 is 1.52. The molecule has 0 fully saturated rings. The minimum Gasteiger partial charge on any atom is -0.497 e. The van der Waals surface area contributed by atoms with Gasteiger partial charge < -0.3 is 15.8 Å². The number of anilines is 1. The van der Waals surface area contributed by atoms with E-state index in [-0.39, 0.29) is 5.91 Å². The highest BCUT2D eigenvalue weighted by molar-refractivity contribution is 7.22. The van der Waals surface area contributed by atoms with E-state index in [4.69, 9.17) is 10.5 Å². The van der Waals surface area contributed by atoms with Gasteiger partial charge in [0.2, 0.25) is 5.91 Å². The van der Waals surface area contributed by atoms with Crippen molar-refractivity contribution in [3.05, 3.63) is 18.2 Å². The molecule has 102 valence electrons. The lowest BCUT2D eigenvalue weighted by Gasteiger charge is -2.20.